The van der Waals surface area contributed by atoms with Crippen molar-refractivity contribution in [2.24, 2.45) is 0 Å². The molecule has 104 valence electrons. The molecule has 0 amide bonds. The maximum Gasteiger partial charge on any atom is 0.268 e. The Kier molecular flexibility index (Phi) is 4.06. The number of nitrogens with two attached hydrogens (primary N) is 1. The van der Waals surface area contributed by atoms with E-state index in [1.54, 1.807) is 6.07 Å². The van der Waals surface area contributed by atoms with Crippen molar-refractivity contribution in [3.63, 3.8) is 0 Å². The van der Waals surface area contributed by atoms with Gasteiger partial charge in [-0.1, -0.05) is 22.0 Å². The number of alkyl halides is 1. The lowest BCUT2D eigenvalue weighted by atomic mass is 9.95. The molecule has 0 saturated heterocycles. The van der Waals surface area contributed by atoms with E-state index >= 15 is 0 Å². The van der Waals surface area contributed by atoms with Crippen molar-refractivity contribution in [2.75, 3.05) is 5.73 Å². The van der Waals surface area contributed by atoms with E-state index in [2.05, 4.69) is 20.9 Å². The van der Waals surface area contributed by atoms with Crippen LogP contribution in [0.3, 0.4) is 0 Å². The Balaban J connectivity index is 2.89. The quantitative estimate of drug-likeness (QED) is 0.814. The second-order valence-corrected chi connectivity index (χ2v) is 4.72. The van der Waals surface area contributed by atoms with Crippen molar-refractivity contribution in [1.29, 1.82) is 10.5 Å². The van der Waals surface area contributed by atoms with Gasteiger partial charge in [-0.15, -0.1) is 0 Å². The molecular weight excluding hydrogens is 339 g/mol. The van der Waals surface area contributed by atoms with Crippen LogP contribution in [0.15, 0.2) is 23.0 Å². The molecule has 2 rings (SSSR count). The Labute approximate surface area is 127 Å². The fraction of sp³-hybridized carbons (Fsp3) is 0.0714. The van der Waals surface area contributed by atoms with Gasteiger partial charge >= 0.3 is 0 Å². The molecule has 0 saturated carbocycles. The number of hydrogen-bond acceptors (Lipinski definition) is 4. The first-order valence-corrected chi connectivity index (χ1v) is 6.86. The van der Waals surface area contributed by atoms with Crippen LogP contribution in [0.25, 0.3) is 11.1 Å². The highest BCUT2D eigenvalue weighted by Gasteiger charge is 2.18. The smallest absolute Gasteiger partial charge is 0.268 e. The summed E-state index contributed by atoms with van der Waals surface area (Å²) in [5, 5.41) is 18.6. The maximum atomic E-state index is 13.6. The molecule has 0 bridgehead atoms. The predicted octanol–water partition coefficient (Wildman–Crippen LogP) is 2.40. The number of nitrogens with one attached hydrogen (secondary N) is 1. The summed E-state index contributed by atoms with van der Waals surface area (Å²) in [7, 11) is 0. The highest BCUT2D eigenvalue weighted by Crippen LogP contribution is 2.29. The van der Waals surface area contributed by atoms with Crippen LogP contribution in [-0.2, 0) is 5.33 Å². The molecule has 0 aliphatic heterocycles. The third kappa shape index (κ3) is 2.51. The summed E-state index contributed by atoms with van der Waals surface area (Å²) in [6, 6.07) is 7.71. The van der Waals surface area contributed by atoms with Gasteiger partial charge in [0.05, 0.1) is 0 Å². The zero-order valence-electron chi connectivity index (χ0n) is 10.6. The molecule has 1 aromatic heterocycles. The second kappa shape index (κ2) is 5.78. The number of aromatic amines is 1. The summed E-state index contributed by atoms with van der Waals surface area (Å²) in [5.41, 5.74) is 5.54. The summed E-state index contributed by atoms with van der Waals surface area (Å²) in [6.45, 7) is 0. The van der Waals surface area contributed by atoms with E-state index in [1.165, 1.54) is 18.2 Å². The topological polar surface area (TPSA) is 106 Å². The van der Waals surface area contributed by atoms with Crippen molar-refractivity contribution >= 4 is 21.7 Å². The summed E-state index contributed by atoms with van der Waals surface area (Å²) < 4.78 is 13.6. The molecule has 1 heterocycles. The van der Waals surface area contributed by atoms with Crippen molar-refractivity contribution in [3.05, 3.63) is 51.1 Å². The Morgan fingerprint density at radius 2 is 1.95 bits per heavy atom. The predicted molar refractivity (Wildman–Crippen MR) is 78.9 cm³/mol. The molecule has 0 radical (unpaired) electrons. The fourth-order valence-electron chi connectivity index (χ4n) is 1.96. The number of rotatable bonds is 2. The van der Waals surface area contributed by atoms with Crippen LogP contribution in [-0.4, -0.2) is 4.98 Å². The molecule has 2 aromatic rings. The van der Waals surface area contributed by atoms with Crippen LogP contribution in [0.5, 0.6) is 0 Å². The third-order valence-electron chi connectivity index (χ3n) is 2.95. The number of nitrogens with zero attached hydrogens (tertiary/aromatic N) is 2. The minimum absolute atomic E-state index is 0.0155. The first-order valence-electron chi connectivity index (χ1n) is 5.74. The lowest BCUT2D eigenvalue weighted by Gasteiger charge is -2.10. The summed E-state index contributed by atoms with van der Waals surface area (Å²) in [5.74, 6) is -0.549. The third-order valence-corrected chi connectivity index (χ3v) is 3.55. The number of anilines is 1. The van der Waals surface area contributed by atoms with E-state index in [-0.39, 0.29) is 27.8 Å². The van der Waals surface area contributed by atoms with Gasteiger partial charge in [0.25, 0.3) is 5.56 Å². The monoisotopic (exact) mass is 346 g/mol. The normalized spacial score (nSPS) is 9.90. The largest absolute Gasteiger partial charge is 0.384 e. The number of benzene rings is 1. The lowest BCUT2D eigenvalue weighted by molar-refractivity contribution is 0.618. The maximum absolute atomic E-state index is 13.6. The minimum Gasteiger partial charge on any atom is -0.384 e. The van der Waals surface area contributed by atoms with Gasteiger partial charge in [0.1, 0.15) is 34.9 Å². The zero-order valence-corrected chi connectivity index (χ0v) is 12.2. The minimum atomic E-state index is -0.686. The van der Waals surface area contributed by atoms with Crippen LogP contribution in [0.1, 0.15) is 16.7 Å². The van der Waals surface area contributed by atoms with Gasteiger partial charge in [-0.25, -0.2) is 4.39 Å². The van der Waals surface area contributed by atoms with Crippen molar-refractivity contribution < 1.29 is 4.39 Å². The lowest BCUT2D eigenvalue weighted by Crippen LogP contribution is -2.16. The Morgan fingerprint density at radius 1 is 1.29 bits per heavy atom. The van der Waals surface area contributed by atoms with Gasteiger partial charge in [0.15, 0.2) is 0 Å². The van der Waals surface area contributed by atoms with E-state index < -0.39 is 11.4 Å². The Bertz CT molecular complexity index is 861. The average Bonchev–Trinajstić information content (AvgIpc) is 2.47. The van der Waals surface area contributed by atoms with Crippen LogP contribution in [0.2, 0.25) is 0 Å². The molecule has 5 nitrogen and oxygen atoms in total. The van der Waals surface area contributed by atoms with Crippen LogP contribution >= 0.6 is 15.9 Å². The van der Waals surface area contributed by atoms with Gasteiger partial charge in [-0.05, 0) is 23.3 Å². The number of H-pyrrole nitrogens is 1. The molecule has 0 unspecified atom stereocenters. The standard InChI is InChI=1S/C14H8BrFN4O/c15-4-8-3-7(1-2-11(8)16)12-9(5-17)13(19)20-14(21)10(12)6-18/h1-3H,4H2,(H3,19,20,21). The van der Waals surface area contributed by atoms with Crippen LogP contribution in [0.4, 0.5) is 10.2 Å². The Morgan fingerprint density at radius 3 is 2.52 bits per heavy atom. The van der Waals surface area contributed by atoms with Gasteiger partial charge < -0.3 is 10.7 Å². The molecule has 0 aliphatic rings. The van der Waals surface area contributed by atoms with Crippen molar-refractivity contribution in [1.82, 2.24) is 4.98 Å². The number of pyridine rings is 1. The van der Waals surface area contributed by atoms with Crippen LogP contribution < -0.4 is 11.3 Å². The number of hydrogen-bond donors (Lipinski definition) is 2. The van der Waals surface area contributed by atoms with E-state index in [0.717, 1.165) is 0 Å². The van der Waals surface area contributed by atoms with Gasteiger partial charge in [-0.3, -0.25) is 4.79 Å². The van der Waals surface area contributed by atoms with E-state index in [1.807, 2.05) is 6.07 Å². The van der Waals surface area contributed by atoms with E-state index in [9.17, 15) is 14.4 Å². The molecule has 0 spiro atoms. The second-order valence-electron chi connectivity index (χ2n) is 4.16. The van der Waals surface area contributed by atoms with Crippen molar-refractivity contribution in [2.45, 2.75) is 5.33 Å². The fourth-order valence-corrected chi connectivity index (χ4v) is 2.39. The van der Waals surface area contributed by atoms with E-state index in [0.29, 0.717) is 11.1 Å². The molecule has 0 aliphatic carbocycles. The summed E-state index contributed by atoms with van der Waals surface area (Å²) in [4.78, 5) is 14.1. The van der Waals surface area contributed by atoms with Gasteiger partial charge in [0.2, 0.25) is 0 Å². The van der Waals surface area contributed by atoms with Gasteiger partial charge in [-0.2, -0.15) is 10.5 Å². The SMILES string of the molecule is N#Cc1c(N)[nH]c(=O)c(C#N)c1-c1ccc(F)c(CBr)c1. The number of halogens is 2. The van der Waals surface area contributed by atoms with Gasteiger partial charge in [0, 0.05) is 10.9 Å². The molecule has 1 aromatic carbocycles. The first kappa shape index (κ1) is 14.8. The number of aromatic nitrogens is 1. The summed E-state index contributed by atoms with van der Waals surface area (Å²) in [6.07, 6.45) is 0. The Hall–Kier alpha value is -2.64. The zero-order chi connectivity index (χ0) is 15.6. The average molecular weight is 347 g/mol. The highest BCUT2D eigenvalue weighted by molar-refractivity contribution is 9.08. The van der Waals surface area contributed by atoms with Crippen molar-refractivity contribution in [3.8, 4) is 23.3 Å². The molecule has 3 N–H and O–H groups in total. The highest BCUT2D eigenvalue weighted by atomic mass is 79.9. The molecule has 0 fully saturated rings. The molecule has 7 heteroatoms. The number of nitrogen functional groups attached to an aromatic ring is 1. The van der Waals surface area contributed by atoms with Crippen LogP contribution in [0, 0.1) is 28.5 Å². The first-order chi connectivity index (χ1) is 10.0. The molecule has 0 atom stereocenters. The number of nitriles is 2. The summed E-state index contributed by atoms with van der Waals surface area (Å²) >= 11 is 3.15. The molecule has 21 heavy (non-hydrogen) atoms. The van der Waals surface area contributed by atoms with E-state index in [4.69, 9.17) is 11.0 Å². The molecular formula is C14H8BrFN4O.